The topological polar surface area (TPSA) is 111 Å². The van der Waals surface area contributed by atoms with Crippen LogP contribution in [-0.4, -0.2) is 33.2 Å². The van der Waals surface area contributed by atoms with Crippen molar-refractivity contribution in [1.82, 2.24) is 0 Å². The number of hydrogen-bond acceptors (Lipinski definition) is 2. The van der Waals surface area contributed by atoms with E-state index in [4.69, 9.17) is 15.7 Å². The van der Waals surface area contributed by atoms with Crippen LogP contribution in [0.1, 0.15) is 0 Å². The van der Waals surface area contributed by atoms with Gasteiger partial charge in [-0.2, -0.15) is 4.79 Å². The van der Waals surface area contributed by atoms with E-state index in [-0.39, 0.29) is 0 Å². The summed E-state index contributed by atoms with van der Waals surface area (Å²) in [6.07, 6.45) is 0.421. The van der Waals surface area contributed by atoms with Gasteiger partial charge in [0.05, 0.1) is 0 Å². The normalized spacial score (nSPS) is 8.50. The molecule has 0 aromatic rings. The average molecular weight is 144 g/mol. The minimum Gasteiger partial charge on any atom is -0.480 e. The van der Waals surface area contributed by atoms with Crippen molar-refractivity contribution in [2.45, 2.75) is 0 Å². The molecule has 0 bridgehead atoms. The highest BCUT2D eigenvalue weighted by atomic mass is 16.4. The van der Waals surface area contributed by atoms with Gasteiger partial charge in [0, 0.05) is 0 Å². The van der Waals surface area contributed by atoms with E-state index in [1.54, 1.807) is 0 Å². The lowest BCUT2D eigenvalue weighted by atomic mass is 10.2. The first-order valence-corrected chi connectivity index (χ1v) is 2.22. The first kappa shape index (κ1) is 8.32. The van der Waals surface area contributed by atoms with E-state index in [0.29, 0.717) is 6.21 Å². The Morgan fingerprint density at radius 1 is 1.40 bits per heavy atom. The monoisotopic (exact) mass is 144 g/mol. The smallest absolute Gasteiger partial charge is 0.329 e. The second-order valence-electron chi connectivity index (χ2n) is 1.42. The van der Waals surface area contributed by atoms with E-state index in [9.17, 15) is 9.59 Å². The SMILES string of the molecule is [N-]=[N+]=CC(C(=O)O)C(=O)O. The maximum Gasteiger partial charge on any atom is 0.329 e. The third-order valence-corrected chi connectivity index (χ3v) is 0.748. The van der Waals surface area contributed by atoms with Gasteiger partial charge in [-0.25, -0.2) is 0 Å². The van der Waals surface area contributed by atoms with E-state index < -0.39 is 17.9 Å². The molecule has 0 heterocycles. The van der Waals surface area contributed by atoms with Crippen LogP contribution >= 0.6 is 0 Å². The molecule has 0 aromatic carbocycles. The van der Waals surface area contributed by atoms with E-state index in [2.05, 4.69) is 4.79 Å². The molecule has 0 saturated heterocycles. The van der Waals surface area contributed by atoms with Crippen molar-refractivity contribution >= 4 is 18.2 Å². The Morgan fingerprint density at radius 2 is 1.80 bits per heavy atom. The molecule has 54 valence electrons. The molecule has 0 unspecified atom stereocenters. The third kappa shape index (κ3) is 2.06. The average Bonchev–Trinajstić information content (AvgIpc) is 1.81. The molecule has 10 heavy (non-hydrogen) atoms. The van der Waals surface area contributed by atoms with Crippen molar-refractivity contribution in [3.8, 4) is 0 Å². The van der Waals surface area contributed by atoms with Crippen molar-refractivity contribution in [3.05, 3.63) is 5.53 Å². The van der Waals surface area contributed by atoms with E-state index in [1.807, 2.05) is 0 Å². The zero-order chi connectivity index (χ0) is 8.15. The molecular weight excluding hydrogens is 140 g/mol. The Morgan fingerprint density at radius 3 is 1.90 bits per heavy atom. The summed E-state index contributed by atoms with van der Waals surface area (Å²) in [7, 11) is 0. The predicted molar refractivity (Wildman–Crippen MR) is 28.4 cm³/mol. The molecule has 0 atom stereocenters. The fourth-order valence-corrected chi connectivity index (χ4v) is 0.300. The third-order valence-electron chi connectivity index (χ3n) is 0.748. The molecule has 0 aromatic heterocycles. The minimum atomic E-state index is -1.77. The highest BCUT2D eigenvalue weighted by Crippen LogP contribution is 1.89. The maximum absolute atomic E-state index is 9.95. The zero-order valence-electron chi connectivity index (χ0n) is 4.76. The fourth-order valence-electron chi connectivity index (χ4n) is 0.300. The standard InChI is InChI=1S/C4H4N2O4/c5-6-1-2(3(7)8)4(9)10/h1-2H,(H,7,8)(H,9,10). The number of aliphatic carboxylic acids is 2. The Bertz CT molecular complexity index is 189. The lowest BCUT2D eigenvalue weighted by Gasteiger charge is -1.91. The Kier molecular flexibility index (Phi) is 2.80. The molecule has 0 radical (unpaired) electrons. The summed E-state index contributed by atoms with van der Waals surface area (Å²) in [5.41, 5.74) is 7.78. The largest absolute Gasteiger partial charge is 0.480 e. The van der Waals surface area contributed by atoms with Crippen molar-refractivity contribution in [3.63, 3.8) is 0 Å². The van der Waals surface area contributed by atoms with Gasteiger partial charge < -0.3 is 15.7 Å². The van der Waals surface area contributed by atoms with E-state index in [0.717, 1.165) is 0 Å². The summed E-state index contributed by atoms with van der Waals surface area (Å²) in [5, 5.41) is 16.2. The number of carbonyl (C=O) groups is 2. The van der Waals surface area contributed by atoms with Gasteiger partial charge in [0.15, 0.2) is 0 Å². The van der Waals surface area contributed by atoms with Crippen LogP contribution in [0, 0.1) is 5.92 Å². The summed E-state index contributed by atoms with van der Waals surface area (Å²) in [5.74, 6) is -4.90. The van der Waals surface area contributed by atoms with Gasteiger partial charge >= 0.3 is 11.9 Å². The predicted octanol–water partition coefficient (Wildman–Crippen LogP) is -0.928. The second kappa shape index (κ2) is 3.37. The highest BCUT2D eigenvalue weighted by Gasteiger charge is 2.27. The van der Waals surface area contributed by atoms with Crippen LogP contribution in [0.25, 0.3) is 5.53 Å². The lowest BCUT2D eigenvalue weighted by Crippen LogP contribution is -2.24. The quantitative estimate of drug-likeness (QED) is 0.230. The van der Waals surface area contributed by atoms with Crippen LogP contribution < -0.4 is 0 Å². The van der Waals surface area contributed by atoms with Gasteiger partial charge in [0.2, 0.25) is 5.92 Å². The second-order valence-corrected chi connectivity index (χ2v) is 1.42. The van der Waals surface area contributed by atoms with Crippen LogP contribution in [0.15, 0.2) is 0 Å². The molecule has 0 aliphatic heterocycles. The summed E-state index contributed by atoms with van der Waals surface area (Å²) >= 11 is 0. The first-order chi connectivity index (χ1) is 4.59. The van der Waals surface area contributed by atoms with E-state index >= 15 is 0 Å². The number of carboxylic acid groups (broad SMARTS) is 2. The van der Waals surface area contributed by atoms with Crippen molar-refractivity contribution in [1.29, 1.82) is 0 Å². The van der Waals surface area contributed by atoms with Gasteiger partial charge in [0.1, 0.15) is 0 Å². The van der Waals surface area contributed by atoms with Crippen LogP contribution in [-0.2, 0) is 9.59 Å². The van der Waals surface area contributed by atoms with Gasteiger partial charge in [-0.1, -0.05) is 0 Å². The van der Waals surface area contributed by atoms with Crippen LogP contribution in [0.4, 0.5) is 0 Å². The van der Waals surface area contributed by atoms with Gasteiger partial charge in [0.25, 0.3) is 6.21 Å². The number of hydrogen-bond donors (Lipinski definition) is 2. The first-order valence-electron chi connectivity index (χ1n) is 2.22. The summed E-state index contributed by atoms with van der Waals surface area (Å²) < 4.78 is 0. The Hall–Kier alpha value is -1.68. The summed E-state index contributed by atoms with van der Waals surface area (Å²) in [6, 6.07) is 0. The number of rotatable bonds is 3. The molecule has 0 spiro atoms. The molecule has 6 heteroatoms. The molecule has 0 aliphatic rings. The molecule has 6 nitrogen and oxygen atoms in total. The fraction of sp³-hybridized carbons (Fsp3) is 0.250. The van der Waals surface area contributed by atoms with Gasteiger partial charge in [-0.3, -0.25) is 9.59 Å². The molecule has 0 rings (SSSR count). The maximum atomic E-state index is 9.95. The van der Waals surface area contributed by atoms with E-state index in [1.165, 1.54) is 0 Å². The molecule has 0 saturated carbocycles. The Balaban J connectivity index is 4.41. The summed E-state index contributed by atoms with van der Waals surface area (Å²) in [4.78, 5) is 22.2. The molecule has 2 N–H and O–H groups in total. The van der Waals surface area contributed by atoms with Gasteiger partial charge in [-0.05, 0) is 0 Å². The Labute approximate surface area is 55.3 Å². The minimum absolute atomic E-state index is 0.421. The van der Waals surface area contributed by atoms with Crippen LogP contribution in [0.3, 0.4) is 0 Å². The summed E-state index contributed by atoms with van der Waals surface area (Å²) in [6.45, 7) is 0. The molecule has 0 fully saturated rings. The van der Waals surface area contributed by atoms with Crippen molar-refractivity contribution in [2.24, 2.45) is 5.92 Å². The van der Waals surface area contributed by atoms with Crippen molar-refractivity contribution < 1.29 is 24.6 Å². The number of carboxylic acids is 2. The van der Waals surface area contributed by atoms with Gasteiger partial charge in [-0.15, -0.1) is 0 Å². The zero-order valence-corrected chi connectivity index (χ0v) is 4.76. The lowest BCUT2D eigenvalue weighted by molar-refractivity contribution is -0.151. The number of nitrogens with zero attached hydrogens (tertiary/aromatic N) is 2. The highest BCUT2D eigenvalue weighted by molar-refractivity contribution is 6.06. The molecule has 0 aliphatic carbocycles. The van der Waals surface area contributed by atoms with Crippen LogP contribution in [0.2, 0.25) is 0 Å². The molecule has 0 amide bonds. The molecular formula is C4H4N2O4. The van der Waals surface area contributed by atoms with Crippen LogP contribution in [0.5, 0.6) is 0 Å². The van der Waals surface area contributed by atoms with Crippen molar-refractivity contribution in [2.75, 3.05) is 0 Å².